The molecule has 0 aliphatic rings. The van der Waals surface area contributed by atoms with Crippen LogP contribution < -0.4 is 11.1 Å². The third-order valence-electron chi connectivity index (χ3n) is 3.24. The highest BCUT2D eigenvalue weighted by Gasteiger charge is 2.28. The summed E-state index contributed by atoms with van der Waals surface area (Å²) in [6.07, 6.45) is -0.131. The van der Waals surface area contributed by atoms with Gasteiger partial charge in [0, 0.05) is 6.42 Å². The fourth-order valence-electron chi connectivity index (χ4n) is 1.82. The van der Waals surface area contributed by atoms with E-state index in [-0.39, 0.29) is 30.6 Å². The summed E-state index contributed by atoms with van der Waals surface area (Å²) in [5.74, 6) is -3.47. The number of alkyl halides is 1. The Labute approximate surface area is 152 Å². The first-order valence-corrected chi connectivity index (χ1v) is 8.54. The fourth-order valence-corrected chi connectivity index (χ4v) is 2.10. The van der Waals surface area contributed by atoms with Crippen molar-refractivity contribution in [3.63, 3.8) is 0 Å². The second kappa shape index (κ2) is 10.6. The molecule has 0 radical (unpaired) electrons. The van der Waals surface area contributed by atoms with Crippen molar-refractivity contribution in [1.82, 2.24) is 5.32 Å². The molecule has 0 aromatic heterocycles. The van der Waals surface area contributed by atoms with E-state index in [4.69, 9.17) is 15.6 Å². The van der Waals surface area contributed by atoms with Crippen LogP contribution in [-0.2, 0) is 30.5 Å². The van der Waals surface area contributed by atoms with Gasteiger partial charge in [-0.25, -0.2) is 9.59 Å². The Morgan fingerprint density at radius 2 is 1.84 bits per heavy atom. The van der Waals surface area contributed by atoms with E-state index in [0.29, 0.717) is 0 Å². The molecule has 0 saturated heterocycles. The van der Waals surface area contributed by atoms with Crippen LogP contribution in [0.15, 0.2) is 30.3 Å². The number of esters is 1. The van der Waals surface area contributed by atoms with E-state index in [9.17, 15) is 19.2 Å². The molecule has 0 bridgehead atoms. The summed E-state index contributed by atoms with van der Waals surface area (Å²) in [5, 5.41) is 11.3. The van der Waals surface area contributed by atoms with Crippen molar-refractivity contribution in [3.8, 4) is 0 Å². The number of nitrogens with one attached hydrogen (secondary N) is 1. The van der Waals surface area contributed by atoms with Crippen molar-refractivity contribution in [2.24, 2.45) is 5.73 Å². The maximum atomic E-state index is 11.9. The normalized spacial score (nSPS) is 12.7. The van der Waals surface area contributed by atoms with Crippen LogP contribution in [0.2, 0.25) is 0 Å². The number of benzene rings is 1. The molecule has 0 aliphatic heterocycles. The zero-order valence-electron chi connectivity index (χ0n) is 13.3. The molecule has 25 heavy (non-hydrogen) atoms. The fraction of sp³-hybridized carbons (Fsp3) is 0.375. The lowest BCUT2D eigenvalue weighted by Crippen LogP contribution is -2.52. The molecule has 9 heteroatoms. The van der Waals surface area contributed by atoms with Gasteiger partial charge in [-0.3, -0.25) is 9.59 Å². The molecule has 4 N–H and O–H groups in total. The van der Waals surface area contributed by atoms with Crippen LogP contribution in [0.1, 0.15) is 18.4 Å². The molecule has 0 unspecified atom stereocenters. The summed E-state index contributed by atoms with van der Waals surface area (Å²) in [6.45, 7) is -0.0528. The van der Waals surface area contributed by atoms with Crippen LogP contribution in [0.25, 0.3) is 0 Å². The number of nitrogens with two attached hydrogens (primary N) is 1. The van der Waals surface area contributed by atoms with E-state index in [2.05, 4.69) is 21.2 Å². The van der Waals surface area contributed by atoms with Crippen LogP contribution in [-0.4, -0.2) is 46.1 Å². The van der Waals surface area contributed by atoms with Crippen molar-refractivity contribution in [1.29, 1.82) is 0 Å². The minimum atomic E-state index is -1.66. The summed E-state index contributed by atoms with van der Waals surface area (Å²) in [4.78, 5) is 46.1. The number of hydrogen-bond acceptors (Lipinski definition) is 6. The Hall–Kier alpha value is -2.26. The number of aliphatic carboxylic acids is 1. The molecule has 1 amide bonds. The number of carboxylic acid groups (broad SMARTS) is 1. The third kappa shape index (κ3) is 7.44. The van der Waals surface area contributed by atoms with Gasteiger partial charge < -0.3 is 20.9 Å². The lowest BCUT2D eigenvalue weighted by molar-refractivity contribution is -0.151. The molecule has 0 heterocycles. The van der Waals surface area contributed by atoms with Crippen LogP contribution in [0, 0.1) is 0 Å². The molecule has 1 aromatic rings. The van der Waals surface area contributed by atoms with Crippen LogP contribution in [0.5, 0.6) is 0 Å². The number of ketones is 1. The van der Waals surface area contributed by atoms with E-state index < -0.39 is 29.9 Å². The van der Waals surface area contributed by atoms with Gasteiger partial charge in [-0.2, -0.15) is 0 Å². The number of carbonyl (C=O) groups is 4. The van der Waals surface area contributed by atoms with Gasteiger partial charge in [0.2, 0.25) is 5.91 Å². The minimum Gasteiger partial charge on any atom is -0.480 e. The molecular weight excluding hydrogens is 396 g/mol. The Kier molecular flexibility index (Phi) is 8.79. The van der Waals surface area contributed by atoms with Gasteiger partial charge in [-0.1, -0.05) is 46.3 Å². The van der Waals surface area contributed by atoms with Crippen molar-refractivity contribution in [2.75, 3.05) is 5.33 Å². The van der Waals surface area contributed by atoms with Crippen LogP contribution >= 0.6 is 15.9 Å². The highest BCUT2D eigenvalue weighted by molar-refractivity contribution is 9.09. The molecule has 2 atom stereocenters. The largest absolute Gasteiger partial charge is 0.480 e. The molecule has 8 nitrogen and oxygen atoms in total. The summed E-state index contributed by atoms with van der Waals surface area (Å²) < 4.78 is 4.94. The average Bonchev–Trinajstić information content (AvgIpc) is 2.62. The lowest BCUT2D eigenvalue weighted by atomic mass is 10.1. The Morgan fingerprint density at radius 1 is 1.20 bits per heavy atom. The van der Waals surface area contributed by atoms with E-state index in [0.717, 1.165) is 5.56 Å². The number of carbonyl (C=O) groups excluding carboxylic acids is 3. The Bertz CT molecular complexity index is 622. The first-order chi connectivity index (χ1) is 11.8. The van der Waals surface area contributed by atoms with Gasteiger partial charge in [-0.15, -0.1) is 0 Å². The number of carboxylic acids is 1. The van der Waals surface area contributed by atoms with E-state index >= 15 is 0 Å². The molecule has 0 spiro atoms. The van der Waals surface area contributed by atoms with Crippen molar-refractivity contribution >= 4 is 39.6 Å². The average molecular weight is 415 g/mol. The SMILES string of the molecule is N[C@H](C(=O)N[C@@H](CCC(=O)CBr)C(=O)O)C(=O)OCc1ccccc1. The highest BCUT2D eigenvalue weighted by atomic mass is 79.9. The van der Waals surface area contributed by atoms with Gasteiger partial charge in [0.25, 0.3) is 0 Å². The highest BCUT2D eigenvalue weighted by Crippen LogP contribution is 2.04. The number of rotatable bonds is 10. The van der Waals surface area contributed by atoms with E-state index in [1.807, 2.05) is 0 Å². The number of amides is 1. The zero-order valence-corrected chi connectivity index (χ0v) is 14.9. The van der Waals surface area contributed by atoms with E-state index in [1.165, 1.54) is 0 Å². The van der Waals surface area contributed by atoms with Crippen LogP contribution in [0.4, 0.5) is 0 Å². The van der Waals surface area contributed by atoms with Crippen LogP contribution in [0.3, 0.4) is 0 Å². The number of ether oxygens (including phenoxy) is 1. The monoisotopic (exact) mass is 414 g/mol. The molecule has 0 aliphatic carbocycles. The van der Waals surface area contributed by atoms with Crippen molar-refractivity contribution < 1.29 is 29.0 Å². The van der Waals surface area contributed by atoms with Crippen molar-refractivity contribution in [2.45, 2.75) is 31.5 Å². The first kappa shape index (κ1) is 20.8. The van der Waals surface area contributed by atoms with Gasteiger partial charge in [0.05, 0.1) is 5.33 Å². The number of halogens is 1. The molecule has 0 fully saturated rings. The van der Waals surface area contributed by atoms with Gasteiger partial charge in [0.15, 0.2) is 6.04 Å². The van der Waals surface area contributed by atoms with Gasteiger partial charge >= 0.3 is 11.9 Å². The second-order valence-electron chi connectivity index (χ2n) is 5.18. The molecule has 1 aromatic carbocycles. The maximum absolute atomic E-state index is 11.9. The number of hydrogen-bond donors (Lipinski definition) is 3. The minimum absolute atomic E-state index is 0.0316. The molecule has 1 rings (SSSR count). The lowest BCUT2D eigenvalue weighted by Gasteiger charge is -2.17. The standard InChI is InChI=1S/C16H19BrN2O6/c17-8-11(20)6-7-12(15(22)23)19-14(21)13(18)16(24)25-9-10-4-2-1-3-5-10/h1-5,12-13H,6-9,18H2,(H,19,21)(H,22,23)/t12-,13+/m0/s1. The Morgan fingerprint density at radius 3 is 2.40 bits per heavy atom. The summed E-state index contributed by atoms with van der Waals surface area (Å²) in [5.41, 5.74) is 6.22. The third-order valence-corrected chi connectivity index (χ3v) is 3.86. The van der Waals surface area contributed by atoms with Gasteiger partial charge in [-0.05, 0) is 12.0 Å². The molecular formula is C16H19BrN2O6. The predicted octanol–water partition coefficient (Wildman–Crippen LogP) is 0.371. The molecule has 136 valence electrons. The smallest absolute Gasteiger partial charge is 0.333 e. The molecule has 0 saturated carbocycles. The summed E-state index contributed by atoms with van der Waals surface area (Å²) in [7, 11) is 0. The first-order valence-electron chi connectivity index (χ1n) is 7.42. The van der Waals surface area contributed by atoms with E-state index in [1.54, 1.807) is 30.3 Å². The predicted molar refractivity (Wildman–Crippen MR) is 91.8 cm³/mol. The number of Topliss-reactive ketones (excluding diaryl/α,β-unsaturated/α-hetero) is 1. The maximum Gasteiger partial charge on any atom is 0.333 e. The quantitative estimate of drug-likeness (QED) is 0.285. The topological polar surface area (TPSA) is 136 Å². The zero-order chi connectivity index (χ0) is 18.8. The summed E-state index contributed by atoms with van der Waals surface area (Å²) >= 11 is 2.97. The Balaban J connectivity index is 2.53. The second-order valence-corrected chi connectivity index (χ2v) is 5.74. The summed E-state index contributed by atoms with van der Waals surface area (Å²) in [6, 6.07) is 5.83. The van der Waals surface area contributed by atoms with Crippen molar-refractivity contribution in [3.05, 3.63) is 35.9 Å². The van der Waals surface area contributed by atoms with Gasteiger partial charge in [0.1, 0.15) is 18.4 Å².